The third-order valence-electron chi connectivity index (χ3n) is 4.76. The fraction of sp³-hybridized carbons (Fsp3) is 0.231. The van der Waals surface area contributed by atoms with Crippen LogP contribution in [0, 0.1) is 0 Å². The van der Waals surface area contributed by atoms with Gasteiger partial charge in [-0.3, -0.25) is 9.59 Å². The van der Waals surface area contributed by atoms with Gasteiger partial charge >= 0.3 is 5.97 Å². The van der Waals surface area contributed by atoms with Gasteiger partial charge in [-0.25, -0.2) is 0 Å². The van der Waals surface area contributed by atoms with Crippen LogP contribution in [0.15, 0.2) is 59.9 Å². The summed E-state index contributed by atoms with van der Waals surface area (Å²) >= 11 is 0. The zero-order valence-electron chi connectivity index (χ0n) is 19.3. The molecule has 2 aromatic carbocycles. The molecule has 0 aliphatic heterocycles. The first kappa shape index (κ1) is 26.1. The minimum Gasteiger partial charge on any atom is -0.508 e. The van der Waals surface area contributed by atoms with Crippen molar-refractivity contribution in [2.24, 2.45) is 0 Å². The fourth-order valence-corrected chi connectivity index (χ4v) is 2.98. The van der Waals surface area contributed by atoms with Gasteiger partial charge in [0.25, 0.3) is 0 Å². The smallest absolute Gasteiger partial charge is 0.306 e. The number of phenolic OH excluding ortho intramolecular Hbond substituents is 2. The summed E-state index contributed by atoms with van der Waals surface area (Å²) < 4.78 is 15.0. The van der Waals surface area contributed by atoms with Gasteiger partial charge in [0.2, 0.25) is 0 Å². The van der Waals surface area contributed by atoms with Crippen molar-refractivity contribution in [1.29, 1.82) is 0 Å². The Kier molecular flexibility index (Phi) is 9.76. The Balaban J connectivity index is 2.32. The highest BCUT2D eigenvalue weighted by Crippen LogP contribution is 2.28. The molecule has 0 heterocycles. The normalized spacial score (nSPS) is 12.0. The number of ether oxygens (including phenoxy) is 3. The summed E-state index contributed by atoms with van der Waals surface area (Å²) in [5.74, 6) is -0.842. The quantitative estimate of drug-likeness (QED) is 0.190. The van der Waals surface area contributed by atoms with Gasteiger partial charge in [-0.15, -0.1) is 0 Å². The second-order valence-corrected chi connectivity index (χ2v) is 7.06. The summed E-state index contributed by atoms with van der Waals surface area (Å²) in [6, 6.07) is 9.21. The maximum Gasteiger partial charge on any atom is 0.306 e. The Labute approximate surface area is 198 Å². The SMILES string of the molecule is CCOC(=O)CC/C(C(=O)/C=C/c1ccc(O)c(OC)c1)=C(O)\C=C\c1ccc(O)c(OC)c1. The first-order chi connectivity index (χ1) is 16.3. The number of carbonyl (C=O) groups excluding carboxylic acids is 2. The van der Waals surface area contributed by atoms with Crippen LogP contribution < -0.4 is 9.47 Å². The van der Waals surface area contributed by atoms with Crippen LogP contribution in [-0.2, 0) is 14.3 Å². The van der Waals surface area contributed by atoms with Gasteiger partial charge in [-0.1, -0.05) is 24.3 Å². The molecule has 0 bridgehead atoms. The second kappa shape index (κ2) is 12.7. The number of aromatic hydroxyl groups is 2. The molecule has 3 N–H and O–H groups in total. The molecule has 0 aliphatic rings. The molecule has 0 fully saturated rings. The Morgan fingerprint density at radius 2 is 1.38 bits per heavy atom. The van der Waals surface area contributed by atoms with Crippen molar-refractivity contribution in [3.05, 3.63) is 71.0 Å². The highest BCUT2D eigenvalue weighted by molar-refractivity contribution is 6.07. The van der Waals surface area contributed by atoms with E-state index in [1.54, 1.807) is 37.3 Å². The maximum absolute atomic E-state index is 12.9. The summed E-state index contributed by atoms with van der Waals surface area (Å²) in [4.78, 5) is 24.7. The topological polar surface area (TPSA) is 123 Å². The van der Waals surface area contributed by atoms with E-state index in [0.717, 1.165) is 0 Å². The van der Waals surface area contributed by atoms with E-state index in [1.807, 2.05) is 0 Å². The predicted molar refractivity (Wildman–Crippen MR) is 128 cm³/mol. The number of carbonyl (C=O) groups is 2. The van der Waals surface area contributed by atoms with Gasteiger partial charge in [0.15, 0.2) is 28.8 Å². The number of aliphatic hydroxyl groups excluding tert-OH is 1. The van der Waals surface area contributed by atoms with E-state index in [0.29, 0.717) is 11.1 Å². The average Bonchev–Trinajstić information content (AvgIpc) is 2.83. The summed E-state index contributed by atoms with van der Waals surface area (Å²) in [6.45, 7) is 1.89. The molecule has 0 saturated heterocycles. The van der Waals surface area contributed by atoms with Gasteiger partial charge < -0.3 is 29.5 Å². The van der Waals surface area contributed by atoms with Gasteiger partial charge in [-0.2, -0.15) is 0 Å². The lowest BCUT2D eigenvalue weighted by molar-refractivity contribution is -0.143. The number of ketones is 1. The molecule has 2 aromatic rings. The number of phenols is 2. The van der Waals surface area contributed by atoms with E-state index in [-0.39, 0.29) is 53.8 Å². The number of esters is 1. The Morgan fingerprint density at radius 1 is 0.853 bits per heavy atom. The number of hydrogen-bond acceptors (Lipinski definition) is 8. The lowest BCUT2D eigenvalue weighted by atomic mass is 10.0. The number of allylic oxidation sites excluding steroid dienone is 3. The van der Waals surface area contributed by atoms with E-state index in [1.165, 1.54) is 44.6 Å². The summed E-state index contributed by atoms with van der Waals surface area (Å²) in [5, 5.41) is 30.1. The first-order valence-corrected chi connectivity index (χ1v) is 10.5. The zero-order valence-corrected chi connectivity index (χ0v) is 19.3. The molecule has 2 rings (SSSR count). The second-order valence-electron chi connectivity index (χ2n) is 7.06. The molecule has 34 heavy (non-hydrogen) atoms. The van der Waals surface area contributed by atoms with Crippen LogP contribution in [0.3, 0.4) is 0 Å². The number of methoxy groups -OCH3 is 2. The van der Waals surface area contributed by atoms with E-state index in [4.69, 9.17) is 14.2 Å². The van der Waals surface area contributed by atoms with Crippen LogP contribution in [0.5, 0.6) is 23.0 Å². The van der Waals surface area contributed by atoms with E-state index in [2.05, 4.69) is 0 Å². The standard InChI is InChI=1S/C26H28O8/c1-4-34-26(31)14-9-19(20(27)10-5-17-7-12-22(29)24(15-17)32-2)21(28)11-6-18-8-13-23(30)25(16-18)33-3/h5-8,10-13,15-16,27,29-30H,4,9,14H2,1-3H3/b10-5+,11-6+,20-19-. The number of rotatable bonds is 11. The van der Waals surface area contributed by atoms with Crippen LogP contribution in [-0.4, -0.2) is 47.9 Å². The third-order valence-corrected chi connectivity index (χ3v) is 4.76. The van der Waals surface area contributed by atoms with Crippen LogP contribution in [0.4, 0.5) is 0 Å². The summed E-state index contributed by atoms with van der Waals surface area (Å²) in [6.07, 6.45) is 5.54. The minimum absolute atomic E-state index is 0.0250. The molecule has 0 atom stereocenters. The Hall–Kier alpha value is -4.20. The molecule has 0 amide bonds. The lowest BCUT2D eigenvalue weighted by Gasteiger charge is -2.07. The lowest BCUT2D eigenvalue weighted by Crippen LogP contribution is -2.08. The van der Waals surface area contributed by atoms with E-state index in [9.17, 15) is 24.9 Å². The molecule has 0 aromatic heterocycles. The highest BCUT2D eigenvalue weighted by Gasteiger charge is 2.15. The molecule has 0 radical (unpaired) electrons. The van der Waals surface area contributed by atoms with Crippen LogP contribution in [0.2, 0.25) is 0 Å². The average molecular weight is 469 g/mol. The largest absolute Gasteiger partial charge is 0.508 e. The van der Waals surface area contributed by atoms with Crippen molar-refractivity contribution in [2.45, 2.75) is 19.8 Å². The Morgan fingerprint density at radius 3 is 1.88 bits per heavy atom. The van der Waals surface area contributed by atoms with Gasteiger partial charge in [0, 0.05) is 12.0 Å². The minimum atomic E-state index is -0.498. The predicted octanol–water partition coefficient (Wildman–Crippen LogP) is 4.57. The number of aliphatic hydroxyl groups is 1. The molecule has 180 valence electrons. The Bertz CT molecular complexity index is 1110. The first-order valence-electron chi connectivity index (χ1n) is 10.5. The highest BCUT2D eigenvalue weighted by atomic mass is 16.5. The van der Waals surface area contributed by atoms with Gasteiger partial charge in [0.05, 0.1) is 20.8 Å². The van der Waals surface area contributed by atoms with E-state index >= 15 is 0 Å². The fourth-order valence-electron chi connectivity index (χ4n) is 2.98. The molecule has 0 spiro atoms. The molecule has 8 nitrogen and oxygen atoms in total. The van der Waals surface area contributed by atoms with Crippen molar-refractivity contribution in [2.75, 3.05) is 20.8 Å². The number of benzene rings is 2. The monoisotopic (exact) mass is 468 g/mol. The molecule has 8 heteroatoms. The molecule has 0 unspecified atom stereocenters. The number of hydrogen-bond donors (Lipinski definition) is 3. The molecular formula is C26H28O8. The van der Waals surface area contributed by atoms with E-state index < -0.39 is 11.8 Å². The molecule has 0 aliphatic carbocycles. The van der Waals surface area contributed by atoms with Crippen LogP contribution in [0.1, 0.15) is 30.9 Å². The van der Waals surface area contributed by atoms with Crippen molar-refractivity contribution in [3.8, 4) is 23.0 Å². The summed E-state index contributed by atoms with van der Waals surface area (Å²) in [7, 11) is 2.83. The van der Waals surface area contributed by atoms with Crippen molar-refractivity contribution in [1.82, 2.24) is 0 Å². The summed E-state index contributed by atoms with van der Waals surface area (Å²) in [5.41, 5.74) is 1.24. The van der Waals surface area contributed by atoms with Gasteiger partial charge in [0.1, 0.15) is 5.76 Å². The van der Waals surface area contributed by atoms with Crippen molar-refractivity contribution < 1.29 is 39.1 Å². The van der Waals surface area contributed by atoms with Crippen molar-refractivity contribution in [3.63, 3.8) is 0 Å². The van der Waals surface area contributed by atoms with Crippen LogP contribution in [0.25, 0.3) is 12.2 Å². The maximum atomic E-state index is 12.9. The molecule has 0 saturated carbocycles. The zero-order chi connectivity index (χ0) is 25.1. The van der Waals surface area contributed by atoms with Gasteiger partial charge in [-0.05, 0) is 60.9 Å². The third kappa shape index (κ3) is 7.44. The molecular weight excluding hydrogens is 440 g/mol. The van der Waals surface area contributed by atoms with Crippen molar-refractivity contribution >= 4 is 23.9 Å². The van der Waals surface area contributed by atoms with Crippen LogP contribution >= 0.6 is 0 Å².